The average Bonchev–Trinajstić information content (AvgIpc) is 3.46. The van der Waals surface area contributed by atoms with E-state index in [0.29, 0.717) is 45.9 Å². The number of carbonyl (C=O) groups is 1. The number of sulfonamides is 1. The zero-order chi connectivity index (χ0) is 32.7. The number of anilines is 1. The average molecular weight is 675 g/mol. The SMILES string of the molecule is CCCCN(c1ccc(/C=C/c2nc(-c3ccc(Cl)cc3Cl)cn2Cc2ccc(C(=O)OC)cc2)cc1)S(=O)(=O)c1ccccc1. The lowest BCUT2D eigenvalue weighted by Gasteiger charge is -2.24. The summed E-state index contributed by atoms with van der Waals surface area (Å²) in [6.07, 6.45) is 7.36. The molecule has 5 rings (SSSR count). The van der Waals surface area contributed by atoms with Crippen molar-refractivity contribution >= 4 is 57.0 Å². The van der Waals surface area contributed by atoms with Crippen LogP contribution < -0.4 is 4.31 Å². The maximum atomic E-state index is 13.5. The van der Waals surface area contributed by atoms with E-state index in [0.717, 1.165) is 29.5 Å². The van der Waals surface area contributed by atoms with Crippen LogP contribution in [0.1, 0.15) is 47.1 Å². The van der Waals surface area contributed by atoms with E-state index in [1.807, 2.05) is 72.3 Å². The molecule has 0 spiro atoms. The summed E-state index contributed by atoms with van der Waals surface area (Å²) in [7, 11) is -2.36. The van der Waals surface area contributed by atoms with E-state index < -0.39 is 16.0 Å². The number of nitrogens with zero attached hydrogens (tertiary/aromatic N) is 3. The summed E-state index contributed by atoms with van der Waals surface area (Å²) in [4.78, 5) is 17.0. The molecule has 0 aliphatic heterocycles. The molecule has 0 saturated carbocycles. The van der Waals surface area contributed by atoms with Gasteiger partial charge in [0.15, 0.2) is 0 Å². The minimum absolute atomic E-state index is 0.262. The Hall–Kier alpha value is -4.37. The zero-order valence-electron chi connectivity index (χ0n) is 25.4. The maximum Gasteiger partial charge on any atom is 0.337 e. The summed E-state index contributed by atoms with van der Waals surface area (Å²) >= 11 is 12.7. The minimum Gasteiger partial charge on any atom is -0.465 e. The predicted octanol–water partition coefficient (Wildman–Crippen LogP) is 8.86. The van der Waals surface area contributed by atoms with Gasteiger partial charge >= 0.3 is 5.97 Å². The second-order valence-corrected chi connectivity index (χ2v) is 13.3. The van der Waals surface area contributed by atoms with Gasteiger partial charge in [-0.2, -0.15) is 0 Å². The van der Waals surface area contributed by atoms with Crippen molar-refractivity contribution in [1.29, 1.82) is 0 Å². The van der Waals surface area contributed by atoms with E-state index in [1.54, 1.807) is 54.6 Å². The summed E-state index contributed by atoms with van der Waals surface area (Å²) < 4.78 is 35.3. The molecule has 0 aliphatic carbocycles. The number of halogens is 2. The third kappa shape index (κ3) is 7.70. The van der Waals surface area contributed by atoms with E-state index in [1.165, 1.54) is 11.4 Å². The van der Waals surface area contributed by atoms with Crippen molar-refractivity contribution in [3.8, 4) is 11.3 Å². The number of ether oxygens (including phenoxy) is 1. The van der Waals surface area contributed by atoms with Crippen LogP contribution >= 0.6 is 23.2 Å². The summed E-state index contributed by atoms with van der Waals surface area (Å²) in [5, 5.41) is 1.02. The largest absolute Gasteiger partial charge is 0.465 e. The van der Waals surface area contributed by atoms with Crippen molar-refractivity contribution in [3.63, 3.8) is 0 Å². The number of unbranched alkanes of at least 4 members (excludes halogenated alkanes) is 1. The first-order valence-corrected chi connectivity index (χ1v) is 16.9. The van der Waals surface area contributed by atoms with Crippen LogP contribution in [0, 0.1) is 0 Å². The molecule has 7 nitrogen and oxygen atoms in total. The highest BCUT2D eigenvalue weighted by molar-refractivity contribution is 7.92. The van der Waals surface area contributed by atoms with E-state index in [4.69, 9.17) is 32.9 Å². The number of aromatic nitrogens is 2. The molecule has 4 aromatic carbocycles. The molecule has 0 saturated heterocycles. The van der Waals surface area contributed by atoms with Gasteiger partial charge in [-0.3, -0.25) is 4.31 Å². The Labute approximate surface area is 279 Å². The van der Waals surface area contributed by atoms with Crippen LogP contribution in [0.4, 0.5) is 5.69 Å². The molecule has 236 valence electrons. The van der Waals surface area contributed by atoms with Gasteiger partial charge in [-0.05, 0) is 78.2 Å². The van der Waals surface area contributed by atoms with Crippen molar-refractivity contribution in [3.05, 3.63) is 136 Å². The molecule has 0 N–H and O–H groups in total. The molecule has 0 fully saturated rings. The van der Waals surface area contributed by atoms with Crippen molar-refractivity contribution in [1.82, 2.24) is 9.55 Å². The van der Waals surface area contributed by atoms with Gasteiger partial charge in [0, 0.05) is 29.9 Å². The Kier molecular flexibility index (Phi) is 10.6. The third-order valence-corrected chi connectivity index (χ3v) is 9.78. The quantitative estimate of drug-likeness (QED) is 0.124. The van der Waals surface area contributed by atoms with Crippen LogP contribution in [0.5, 0.6) is 0 Å². The molecule has 0 bridgehead atoms. The van der Waals surface area contributed by atoms with Crippen LogP contribution in [0.15, 0.2) is 108 Å². The lowest BCUT2D eigenvalue weighted by Crippen LogP contribution is -2.32. The number of hydrogen-bond acceptors (Lipinski definition) is 5. The van der Waals surface area contributed by atoms with Crippen LogP contribution in [0.25, 0.3) is 23.4 Å². The lowest BCUT2D eigenvalue weighted by molar-refractivity contribution is 0.0600. The lowest BCUT2D eigenvalue weighted by atomic mass is 10.1. The third-order valence-electron chi connectivity index (χ3n) is 7.39. The van der Waals surface area contributed by atoms with Gasteiger partial charge in [0.05, 0.1) is 34.0 Å². The molecule has 1 heterocycles. The number of rotatable bonds is 12. The van der Waals surface area contributed by atoms with Crippen molar-refractivity contribution < 1.29 is 17.9 Å². The molecule has 0 amide bonds. The molecule has 5 aromatic rings. The number of carbonyl (C=O) groups excluding carboxylic acids is 1. The Bertz CT molecular complexity index is 1940. The Morgan fingerprint density at radius 2 is 1.65 bits per heavy atom. The highest BCUT2D eigenvalue weighted by Crippen LogP contribution is 2.31. The molecule has 0 radical (unpaired) electrons. The van der Waals surface area contributed by atoms with Crippen LogP contribution in [0.2, 0.25) is 10.0 Å². The van der Waals surface area contributed by atoms with Gasteiger partial charge in [-0.1, -0.05) is 85.1 Å². The standard InChI is InChI=1S/C36H33Cl2N3O4S/c1-3-4-22-41(46(43,44)31-8-6-5-7-9-31)30-18-12-26(13-19-30)14-21-35-39-34(32-20-17-29(37)23-33(32)38)25-40(35)24-27-10-15-28(16-11-27)36(42)45-2/h5-21,23,25H,3-4,22,24H2,1-2H3/b21-14+. The van der Waals surface area contributed by atoms with Crippen LogP contribution in [-0.2, 0) is 21.3 Å². The molecular weight excluding hydrogens is 641 g/mol. The molecule has 1 aromatic heterocycles. The minimum atomic E-state index is -3.71. The maximum absolute atomic E-state index is 13.5. The fourth-order valence-corrected chi connectivity index (χ4v) is 6.94. The molecule has 0 atom stereocenters. The number of methoxy groups -OCH3 is 1. The Morgan fingerprint density at radius 1 is 0.935 bits per heavy atom. The van der Waals surface area contributed by atoms with Gasteiger partial charge in [-0.25, -0.2) is 18.2 Å². The van der Waals surface area contributed by atoms with E-state index in [-0.39, 0.29) is 4.90 Å². The predicted molar refractivity (Wildman–Crippen MR) is 186 cm³/mol. The first kappa shape index (κ1) is 33.0. The fourth-order valence-electron chi connectivity index (χ4n) is 4.91. The number of benzene rings is 4. The number of hydrogen-bond donors (Lipinski definition) is 0. The summed E-state index contributed by atoms with van der Waals surface area (Å²) in [5.74, 6) is 0.285. The highest BCUT2D eigenvalue weighted by atomic mass is 35.5. The zero-order valence-corrected chi connectivity index (χ0v) is 27.8. The normalized spacial score (nSPS) is 11.6. The van der Waals surface area contributed by atoms with Crippen molar-refractivity contribution in [2.45, 2.75) is 31.2 Å². The fraction of sp³-hybridized carbons (Fsp3) is 0.167. The van der Waals surface area contributed by atoms with Gasteiger partial charge in [0.1, 0.15) is 5.82 Å². The topological polar surface area (TPSA) is 81.5 Å². The van der Waals surface area contributed by atoms with Gasteiger partial charge in [0.2, 0.25) is 0 Å². The van der Waals surface area contributed by atoms with Gasteiger partial charge < -0.3 is 9.30 Å². The first-order valence-electron chi connectivity index (χ1n) is 14.8. The molecule has 0 aliphatic rings. The number of imidazole rings is 1. The molecule has 10 heteroatoms. The molecular formula is C36H33Cl2N3O4S. The number of esters is 1. The van der Waals surface area contributed by atoms with E-state index in [2.05, 4.69) is 0 Å². The van der Waals surface area contributed by atoms with Crippen molar-refractivity contribution in [2.24, 2.45) is 0 Å². The van der Waals surface area contributed by atoms with Crippen LogP contribution in [-0.4, -0.2) is 37.6 Å². The molecule has 46 heavy (non-hydrogen) atoms. The van der Waals surface area contributed by atoms with Gasteiger partial charge in [0.25, 0.3) is 10.0 Å². The summed E-state index contributed by atoms with van der Waals surface area (Å²) in [6.45, 7) is 2.91. The molecule has 0 unspecified atom stereocenters. The monoisotopic (exact) mass is 673 g/mol. The van der Waals surface area contributed by atoms with E-state index in [9.17, 15) is 13.2 Å². The second kappa shape index (κ2) is 14.8. The Morgan fingerprint density at radius 3 is 2.30 bits per heavy atom. The van der Waals surface area contributed by atoms with E-state index >= 15 is 0 Å². The Balaban J connectivity index is 1.44. The highest BCUT2D eigenvalue weighted by Gasteiger charge is 2.24. The summed E-state index contributed by atoms with van der Waals surface area (Å²) in [5.41, 5.74) is 4.34. The second-order valence-electron chi connectivity index (χ2n) is 10.6. The van der Waals surface area contributed by atoms with Gasteiger partial charge in [-0.15, -0.1) is 0 Å². The van der Waals surface area contributed by atoms with Crippen LogP contribution in [0.3, 0.4) is 0 Å². The smallest absolute Gasteiger partial charge is 0.337 e. The van der Waals surface area contributed by atoms with Crippen molar-refractivity contribution in [2.75, 3.05) is 18.0 Å². The first-order chi connectivity index (χ1) is 22.2. The summed E-state index contributed by atoms with van der Waals surface area (Å²) in [6, 6.07) is 28.4.